The maximum atomic E-state index is 5.43. The van der Waals surface area contributed by atoms with Gasteiger partial charge in [0.15, 0.2) is 0 Å². The first-order chi connectivity index (χ1) is 4.16. The van der Waals surface area contributed by atoms with Crippen molar-refractivity contribution in [3.8, 4) is 0 Å². The number of hydrogen-bond acceptors (Lipinski definition) is 3. The Morgan fingerprint density at radius 2 is 1.78 bits per heavy atom. The lowest BCUT2D eigenvalue weighted by Gasteiger charge is -2.13. The molecule has 0 aromatic heterocycles. The highest BCUT2D eigenvalue weighted by Gasteiger charge is 2.02. The van der Waals surface area contributed by atoms with Gasteiger partial charge >= 0.3 is 0 Å². The summed E-state index contributed by atoms with van der Waals surface area (Å²) >= 11 is 0. The van der Waals surface area contributed by atoms with Gasteiger partial charge in [-0.15, -0.1) is 0 Å². The topological polar surface area (TPSA) is 9.23 Å². The van der Waals surface area contributed by atoms with Crippen LogP contribution in [0.25, 0.3) is 0 Å². The van der Waals surface area contributed by atoms with Gasteiger partial charge in [-0.1, -0.05) is 21.6 Å². The van der Waals surface area contributed by atoms with E-state index in [-0.39, 0.29) is 0 Å². The molecule has 0 rings (SSSR count). The van der Waals surface area contributed by atoms with Gasteiger partial charge in [-0.3, -0.25) is 0 Å². The molecule has 9 heavy (non-hydrogen) atoms. The van der Waals surface area contributed by atoms with Crippen LogP contribution in [0.5, 0.6) is 0 Å². The van der Waals surface area contributed by atoms with Gasteiger partial charge in [0, 0.05) is 0 Å². The summed E-state index contributed by atoms with van der Waals surface area (Å²) in [6.45, 7) is 6.18. The summed E-state index contributed by atoms with van der Waals surface area (Å²) in [7, 11) is 3.50. The van der Waals surface area contributed by atoms with Crippen LogP contribution in [-0.2, 0) is 4.74 Å². The molecule has 0 saturated heterocycles. The first-order valence-electron chi connectivity index (χ1n) is 3.01. The van der Waals surface area contributed by atoms with Gasteiger partial charge in [-0.25, -0.2) is 0 Å². The summed E-state index contributed by atoms with van der Waals surface area (Å²) in [6.07, 6.45) is 2.41. The van der Waals surface area contributed by atoms with Crippen molar-refractivity contribution < 1.29 is 4.74 Å². The Morgan fingerprint density at radius 3 is 2.11 bits per heavy atom. The van der Waals surface area contributed by atoms with E-state index in [1.807, 2.05) is 0 Å². The Hall–Kier alpha value is 0.660. The smallest absolute Gasteiger partial charge is 0.110 e. The molecule has 1 nitrogen and oxygen atoms in total. The SMILES string of the molecule is CSSC(C)OC(C)C. The van der Waals surface area contributed by atoms with Gasteiger partial charge in [-0.2, -0.15) is 0 Å². The average Bonchev–Trinajstić information content (AvgIpc) is 1.63. The molecule has 0 aliphatic rings. The van der Waals surface area contributed by atoms with Gasteiger partial charge in [-0.05, 0) is 27.0 Å². The van der Waals surface area contributed by atoms with Crippen LogP contribution < -0.4 is 0 Å². The lowest BCUT2D eigenvalue weighted by molar-refractivity contribution is 0.0699. The molecular formula is C6H14OS2. The first kappa shape index (κ1) is 9.66. The van der Waals surface area contributed by atoms with Crippen LogP contribution in [0, 0.1) is 0 Å². The molecule has 0 heterocycles. The summed E-state index contributed by atoms with van der Waals surface area (Å²) in [4.78, 5) is 0. The molecule has 3 heteroatoms. The Morgan fingerprint density at radius 1 is 1.22 bits per heavy atom. The van der Waals surface area contributed by atoms with Gasteiger partial charge in [0.1, 0.15) is 5.44 Å². The monoisotopic (exact) mass is 166 g/mol. The zero-order chi connectivity index (χ0) is 7.28. The van der Waals surface area contributed by atoms with Crippen LogP contribution in [0.1, 0.15) is 20.8 Å². The fourth-order valence-corrected chi connectivity index (χ4v) is 2.03. The molecule has 0 aliphatic carbocycles. The molecule has 0 fully saturated rings. The molecular weight excluding hydrogens is 152 g/mol. The van der Waals surface area contributed by atoms with E-state index in [0.717, 1.165) is 0 Å². The van der Waals surface area contributed by atoms with Crippen LogP contribution in [0.2, 0.25) is 0 Å². The van der Waals surface area contributed by atoms with E-state index in [0.29, 0.717) is 11.5 Å². The van der Waals surface area contributed by atoms with Crippen LogP contribution in [0.15, 0.2) is 0 Å². The maximum Gasteiger partial charge on any atom is 0.110 e. The number of rotatable bonds is 4. The number of ether oxygens (including phenoxy) is 1. The molecule has 56 valence electrons. The zero-order valence-corrected chi connectivity index (χ0v) is 8.01. The molecule has 0 aromatic rings. The molecule has 0 aromatic carbocycles. The van der Waals surface area contributed by atoms with Crippen LogP contribution in [0.3, 0.4) is 0 Å². The third kappa shape index (κ3) is 6.55. The summed E-state index contributed by atoms with van der Waals surface area (Å²) in [5.74, 6) is 0. The van der Waals surface area contributed by atoms with E-state index < -0.39 is 0 Å². The minimum absolute atomic E-state index is 0.319. The van der Waals surface area contributed by atoms with E-state index in [4.69, 9.17) is 4.74 Å². The molecule has 1 atom stereocenters. The van der Waals surface area contributed by atoms with Crippen LogP contribution in [0.4, 0.5) is 0 Å². The predicted molar refractivity (Wildman–Crippen MR) is 46.8 cm³/mol. The van der Waals surface area contributed by atoms with Crippen LogP contribution in [-0.4, -0.2) is 17.8 Å². The minimum Gasteiger partial charge on any atom is -0.364 e. The van der Waals surface area contributed by atoms with E-state index in [2.05, 4.69) is 27.0 Å². The Balaban J connectivity index is 3.15. The Labute approximate surface area is 65.3 Å². The fourth-order valence-electron chi connectivity index (χ4n) is 0.541. The van der Waals surface area contributed by atoms with Crippen molar-refractivity contribution in [2.75, 3.05) is 6.26 Å². The molecule has 0 spiro atoms. The first-order valence-corrected chi connectivity index (χ1v) is 5.64. The van der Waals surface area contributed by atoms with Gasteiger partial charge < -0.3 is 4.74 Å². The average molecular weight is 166 g/mol. The zero-order valence-electron chi connectivity index (χ0n) is 6.38. The van der Waals surface area contributed by atoms with Crippen molar-refractivity contribution in [1.82, 2.24) is 0 Å². The van der Waals surface area contributed by atoms with Crippen molar-refractivity contribution in [2.24, 2.45) is 0 Å². The van der Waals surface area contributed by atoms with Crippen molar-refractivity contribution in [1.29, 1.82) is 0 Å². The van der Waals surface area contributed by atoms with E-state index in [9.17, 15) is 0 Å². The lowest BCUT2D eigenvalue weighted by atomic mass is 10.5. The van der Waals surface area contributed by atoms with Crippen molar-refractivity contribution in [3.63, 3.8) is 0 Å². The van der Waals surface area contributed by atoms with Crippen molar-refractivity contribution >= 4 is 21.6 Å². The summed E-state index contributed by atoms with van der Waals surface area (Å²) in [6, 6.07) is 0. The fraction of sp³-hybridized carbons (Fsp3) is 1.00. The molecule has 0 aliphatic heterocycles. The molecule has 0 N–H and O–H groups in total. The van der Waals surface area contributed by atoms with E-state index in [1.165, 1.54) is 0 Å². The minimum atomic E-state index is 0.319. The molecule has 0 amide bonds. The third-order valence-electron chi connectivity index (χ3n) is 0.696. The molecule has 0 bridgehead atoms. The largest absolute Gasteiger partial charge is 0.364 e. The second kappa shape index (κ2) is 5.45. The van der Waals surface area contributed by atoms with E-state index >= 15 is 0 Å². The molecule has 0 radical (unpaired) electrons. The lowest BCUT2D eigenvalue weighted by Crippen LogP contribution is -2.09. The maximum absolute atomic E-state index is 5.43. The molecule has 1 unspecified atom stereocenters. The highest BCUT2D eigenvalue weighted by atomic mass is 33.1. The van der Waals surface area contributed by atoms with Crippen LogP contribution >= 0.6 is 21.6 Å². The van der Waals surface area contributed by atoms with Gasteiger partial charge in [0.05, 0.1) is 6.10 Å². The quantitative estimate of drug-likeness (QED) is 0.469. The Kier molecular flexibility index (Phi) is 5.84. The standard InChI is InChI=1S/C6H14OS2/c1-5(2)7-6(3)9-8-4/h5-6H,1-4H3. The second-order valence-electron chi connectivity index (χ2n) is 2.02. The Bertz CT molecular complexity index is 66.1. The predicted octanol–water partition coefficient (Wildman–Crippen LogP) is 2.77. The summed E-state index contributed by atoms with van der Waals surface area (Å²) < 4.78 is 5.43. The summed E-state index contributed by atoms with van der Waals surface area (Å²) in [5, 5.41) is 0. The summed E-state index contributed by atoms with van der Waals surface area (Å²) in [5.41, 5.74) is 0.319. The van der Waals surface area contributed by atoms with Gasteiger partial charge in [0.2, 0.25) is 0 Å². The second-order valence-corrected chi connectivity index (χ2v) is 4.78. The van der Waals surface area contributed by atoms with Crippen molar-refractivity contribution in [3.05, 3.63) is 0 Å². The third-order valence-corrected chi connectivity index (χ3v) is 2.66. The van der Waals surface area contributed by atoms with Gasteiger partial charge in [0.25, 0.3) is 0 Å². The highest BCUT2D eigenvalue weighted by molar-refractivity contribution is 8.76. The normalized spacial score (nSPS) is 14.3. The van der Waals surface area contributed by atoms with Crippen molar-refractivity contribution in [2.45, 2.75) is 32.3 Å². The van der Waals surface area contributed by atoms with E-state index in [1.54, 1.807) is 21.6 Å². The molecule has 0 saturated carbocycles. The highest BCUT2D eigenvalue weighted by Crippen LogP contribution is 2.24. The number of hydrogen-bond donors (Lipinski definition) is 0.